The summed E-state index contributed by atoms with van der Waals surface area (Å²) in [7, 11) is 2.10. The highest BCUT2D eigenvalue weighted by Gasteiger charge is 2.27. The van der Waals surface area contributed by atoms with Crippen LogP contribution in [0.2, 0.25) is 0 Å². The number of hydrogen-bond acceptors (Lipinski definition) is 3. The molecule has 2 aromatic carbocycles. The van der Waals surface area contributed by atoms with Gasteiger partial charge in [-0.15, -0.1) is 0 Å². The van der Waals surface area contributed by atoms with Crippen LogP contribution in [0.1, 0.15) is 30.0 Å². The molecule has 0 saturated carbocycles. The summed E-state index contributed by atoms with van der Waals surface area (Å²) in [5, 5.41) is 0. The van der Waals surface area contributed by atoms with Crippen LogP contribution in [0.15, 0.2) is 54.6 Å². The van der Waals surface area contributed by atoms with E-state index in [0.717, 1.165) is 39.0 Å². The van der Waals surface area contributed by atoms with Crippen molar-refractivity contribution in [3.8, 4) is 0 Å². The standard InChI is InChI=1S/C23H29N3O/c1-24(22-13-7-9-19-8-5-6-12-21(19)22)18-23(27)26-16-14-25(15-17-26)20-10-3-2-4-11-20/h2-6,8,10-12,22H,7,9,13-18H2,1H3. The van der Waals surface area contributed by atoms with Crippen molar-refractivity contribution in [2.45, 2.75) is 25.3 Å². The number of carbonyl (C=O) groups excluding carboxylic acids is 1. The SMILES string of the molecule is CN(CC(=O)N1CCN(c2ccccc2)CC1)C1CCCc2ccccc21. The van der Waals surface area contributed by atoms with E-state index in [-0.39, 0.29) is 5.91 Å². The van der Waals surface area contributed by atoms with Crippen LogP contribution in [0.3, 0.4) is 0 Å². The number of nitrogens with zero attached hydrogens (tertiary/aromatic N) is 3. The van der Waals surface area contributed by atoms with Crippen LogP contribution < -0.4 is 4.90 Å². The molecule has 2 aliphatic rings. The van der Waals surface area contributed by atoms with Gasteiger partial charge in [0.05, 0.1) is 6.54 Å². The Bertz CT molecular complexity index is 768. The lowest BCUT2D eigenvalue weighted by atomic mass is 9.87. The second-order valence-electron chi connectivity index (χ2n) is 7.73. The molecule has 1 aliphatic heterocycles. The Kier molecular flexibility index (Phi) is 5.44. The zero-order chi connectivity index (χ0) is 18.6. The topological polar surface area (TPSA) is 26.8 Å². The van der Waals surface area contributed by atoms with Gasteiger partial charge in [0, 0.05) is 37.9 Å². The van der Waals surface area contributed by atoms with E-state index in [9.17, 15) is 4.79 Å². The summed E-state index contributed by atoms with van der Waals surface area (Å²) in [6.45, 7) is 3.94. The molecule has 0 radical (unpaired) electrons. The Morgan fingerprint density at radius 3 is 2.48 bits per heavy atom. The van der Waals surface area contributed by atoms with E-state index in [1.165, 1.54) is 23.2 Å². The molecule has 4 heteroatoms. The van der Waals surface area contributed by atoms with Gasteiger partial charge in [-0.2, -0.15) is 0 Å². The minimum atomic E-state index is 0.258. The van der Waals surface area contributed by atoms with Gasteiger partial charge in [0.1, 0.15) is 0 Å². The van der Waals surface area contributed by atoms with E-state index in [4.69, 9.17) is 0 Å². The lowest BCUT2D eigenvalue weighted by Gasteiger charge is -2.38. The summed E-state index contributed by atoms with van der Waals surface area (Å²) in [6, 6.07) is 19.6. The van der Waals surface area contributed by atoms with Crippen LogP contribution in [-0.4, -0.2) is 55.5 Å². The Hall–Kier alpha value is -2.33. The monoisotopic (exact) mass is 363 g/mol. The molecular weight excluding hydrogens is 334 g/mol. The number of piperazine rings is 1. The zero-order valence-corrected chi connectivity index (χ0v) is 16.2. The third-order valence-corrected chi connectivity index (χ3v) is 6.01. The van der Waals surface area contributed by atoms with Gasteiger partial charge >= 0.3 is 0 Å². The van der Waals surface area contributed by atoms with Crippen molar-refractivity contribution in [2.75, 3.05) is 44.7 Å². The molecule has 0 aromatic heterocycles. The van der Waals surface area contributed by atoms with Gasteiger partial charge in [0.2, 0.25) is 5.91 Å². The number of fused-ring (bicyclic) bond motifs is 1. The zero-order valence-electron chi connectivity index (χ0n) is 16.2. The fraction of sp³-hybridized carbons (Fsp3) is 0.435. The average molecular weight is 364 g/mol. The van der Waals surface area contributed by atoms with Crippen LogP contribution in [0.5, 0.6) is 0 Å². The third-order valence-electron chi connectivity index (χ3n) is 6.01. The van der Waals surface area contributed by atoms with Crippen molar-refractivity contribution in [1.82, 2.24) is 9.80 Å². The molecule has 1 atom stereocenters. The molecule has 4 nitrogen and oxygen atoms in total. The maximum absolute atomic E-state index is 12.9. The molecular formula is C23H29N3O. The van der Waals surface area contributed by atoms with Crippen molar-refractivity contribution in [3.05, 3.63) is 65.7 Å². The van der Waals surface area contributed by atoms with E-state index in [1.807, 2.05) is 11.0 Å². The molecule has 1 fully saturated rings. The molecule has 0 bridgehead atoms. The van der Waals surface area contributed by atoms with E-state index >= 15 is 0 Å². The number of hydrogen-bond donors (Lipinski definition) is 0. The molecule has 0 spiro atoms. The summed E-state index contributed by atoms with van der Waals surface area (Å²) in [4.78, 5) is 19.5. The molecule has 27 heavy (non-hydrogen) atoms. The summed E-state index contributed by atoms with van der Waals surface area (Å²) < 4.78 is 0. The lowest BCUT2D eigenvalue weighted by molar-refractivity contribution is -0.133. The maximum atomic E-state index is 12.9. The first-order valence-corrected chi connectivity index (χ1v) is 10.1. The molecule has 1 heterocycles. The first-order chi connectivity index (χ1) is 13.2. The predicted octanol–water partition coefficient (Wildman–Crippen LogP) is 3.34. The van der Waals surface area contributed by atoms with Crippen molar-refractivity contribution in [2.24, 2.45) is 0 Å². The molecule has 142 valence electrons. The van der Waals surface area contributed by atoms with E-state index in [0.29, 0.717) is 12.6 Å². The Morgan fingerprint density at radius 2 is 1.70 bits per heavy atom. The van der Waals surface area contributed by atoms with Gasteiger partial charge in [-0.25, -0.2) is 0 Å². The van der Waals surface area contributed by atoms with E-state index in [2.05, 4.69) is 65.4 Å². The minimum absolute atomic E-state index is 0.258. The predicted molar refractivity (Wildman–Crippen MR) is 110 cm³/mol. The van der Waals surface area contributed by atoms with Crippen molar-refractivity contribution in [3.63, 3.8) is 0 Å². The number of amides is 1. The molecule has 1 unspecified atom stereocenters. The highest BCUT2D eigenvalue weighted by Crippen LogP contribution is 2.33. The minimum Gasteiger partial charge on any atom is -0.368 e. The summed E-state index contributed by atoms with van der Waals surface area (Å²) in [5.74, 6) is 0.258. The third kappa shape index (κ3) is 4.01. The Morgan fingerprint density at radius 1 is 1.00 bits per heavy atom. The van der Waals surface area contributed by atoms with Crippen LogP contribution in [0.25, 0.3) is 0 Å². The van der Waals surface area contributed by atoms with Gasteiger partial charge in [0.25, 0.3) is 0 Å². The van der Waals surface area contributed by atoms with Gasteiger partial charge in [-0.1, -0.05) is 42.5 Å². The molecule has 2 aromatic rings. The van der Waals surface area contributed by atoms with Gasteiger partial charge in [-0.3, -0.25) is 9.69 Å². The van der Waals surface area contributed by atoms with Crippen LogP contribution in [0, 0.1) is 0 Å². The van der Waals surface area contributed by atoms with E-state index in [1.54, 1.807) is 0 Å². The number of benzene rings is 2. The number of carbonyl (C=O) groups is 1. The fourth-order valence-electron chi connectivity index (χ4n) is 4.46. The smallest absolute Gasteiger partial charge is 0.236 e. The number of likely N-dealkylation sites (N-methyl/N-ethyl adjacent to an activating group) is 1. The summed E-state index contributed by atoms with van der Waals surface area (Å²) in [5.41, 5.74) is 4.11. The lowest BCUT2D eigenvalue weighted by Crippen LogP contribution is -2.51. The normalized spacial score (nSPS) is 19.9. The van der Waals surface area contributed by atoms with E-state index < -0.39 is 0 Å². The van der Waals surface area contributed by atoms with Gasteiger partial charge in [0.15, 0.2) is 0 Å². The van der Waals surface area contributed by atoms with Crippen molar-refractivity contribution in [1.29, 1.82) is 0 Å². The molecule has 1 amide bonds. The maximum Gasteiger partial charge on any atom is 0.236 e. The van der Waals surface area contributed by atoms with Crippen LogP contribution in [0.4, 0.5) is 5.69 Å². The number of anilines is 1. The Balaban J connectivity index is 1.34. The van der Waals surface area contributed by atoms with Crippen molar-refractivity contribution < 1.29 is 4.79 Å². The quantitative estimate of drug-likeness (QED) is 0.834. The first kappa shape index (κ1) is 18.1. The second-order valence-corrected chi connectivity index (χ2v) is 7.73. The summed E-state index contributed by atoms with van der Waals surface area (Å²) >= 11 is 0. The summed E-state index contributed by atoms with van der Waals surface area (Å²) in [6.07, 6.45) is 3.51. The molecule has 4 rings (SSSR count). The molecule has 1 aliphatic carbocycles. The fourth-order valence-corrected chi connectivity index (χ4v) is 4.46. The van der Waals surface area contributed by atoms with Gasteiger partial charge in [-0.05, 0) is 49.6 Å². The highest BCUT2D eigenvalue weighted by molar-refractivity contribution is 5.78. The number of para-hydroxylation sites is 1. The largest absolute Gasteiger partial charge is 0.368 e. The van der Waals surface area contributed by atoms with Crippen molar-refractivity contribution >= 4 is 11.6 Å². The van der Waals surface area contributed by atoms with Crippen LogP contribution in [-0.2, 0) is 11.2 Å². The average Bonchev–Trinajstić information content (AvgIpc) is 2.74. The molecule has 1 saturated heterocycles. The first-order valence-electron chi connectivity index (χ1n) is 10.1. The highest BCUT2D eigenvalue weighted by atomic mass is 16.2. The van der Waals surface area contributed by atoms with Gasteiger partial charge < -0.3 is 9.80 Å². The molecule has 0 N–H and O–H groups in total. The Labute approximate surface area is 162 Å². The van der Waals surface area contributed by atoms with Crippen LogP contribution >= 0.6 is 0 Å². The second kappa shape index (κ2) is 8.13. The number of rotatable bonds is 4. The number of aryl methyl sites for hydroxylation is 1.